The van der Waals surface area contributed by atoms with Gasteiger partial charge in [-0.2, -0.15) is 5.10 Å². The van der Waals surface area contributed by atoms with Crippen LogP contribution in [0.5, 0.6) is 0 Å². The van der Waals surface area contributed by atoms with E-state index in [1.165, 1.54) is 6.07 Å². The number of non-ortho nitro benzene ring substituents is 1. The lowest BCUT2D eigenvalue weighted by atomic mass is 9.97. The Balaban J connectivity index is 2.12. The van der Waals surface area contributed by atoms with Gasteiger partial charge in [0.25, 0.3) is 5.69 Å². The monoisotopic (exact) mass is 272 g/mol. The molecule has 0 saturated carbocycles. The summed E-state index contributed by atoms with van der Waals surface area (Å²) in [4.78, 5) is 10.4. The molecule has 3 rings (SSSR count). The molecular formula is C14H16N4O2. The van der Waals surface area contributed by atoms with Crippen LogP contribution in [0.25, 0.3) is 5.69 Å². The number of nitrogens with two attached hydrogens (primary N) is 1. The van der Waals surface area contributed by atoms with Crippen molar-refractivity contribution in [3.8, 4) is 5.69 Å². The van der Waals surface area contributed by atoms with Crippen molar-refractivity contribution in [1.29, 1.82) is 0 Å². The Hall–Kier alpha value is -2.37. The Labute approximate surface area is 116 Å². The third kappa shape index (κ3) is 1.93. The van der Waals surface area contributed by atoms with E-state index in [-0.39, 0.29) is 10.6 Å². The zero-order valence-corrected chi connectivity index (χ0v) is 11.3. The molecule has 0 aliphatic heterocycles. The van der Waals surface area contributed by atoms with E-state index in [2.05, 4.69) is 5.10 Å². The molecule has 6 heteroatoms. The number of rotatable bonds is 2. The quantitative estimate of drug-likeness (QED) is 0.672. The van der Waals surface area contributed by atoms with Gasteiger partial charge in [-0.3, -0.25) is 10.1 Å². The summed E-state index contributed by atoms with van der Waals surface area (Å²) in [7, 11) is 0. The van der Waals surface area contributed by atoms with Crippen molar-refractivity contribution in [2.45, 2.75) is 32.6 Å². The third-order valence-corrected chi connectivity index (χ3v) is 3.83. The van der Waals surface area contributed by atoms with E-state index in [0.29, 0.717) is 5.82 Å². The summed E-state index contributed by atoms with van der Waals surface area (Å²) in [5.41, 5.74) is 10.1. The second-order valence-electron chi connectivity index (χ2n) is 5.16. The van der Waals surface area contributed by atoms with Gasteiger partial charge in [-0.15, -0.1) is 0 Å². The molecule has 0 saturated heterocycles. The van der Waals surface area contributed by atoms with Crippen LogP contribution in [0.1, 0.15) is 29.7 Å². The molecule has 0 amide bonds. The minimum absolute atomic E-state index is 0.0974. The van der Waals surface area contributed by atoms with Crippen molar-refractivity contribution in [3.05, 3.63) is 45.1 Å². The van der Waals surface area contributed by atoms with Crippen LogP contribution in [0.4, 0.5) is 11.5 Å². The van der Waals surface area contributed by atoms with Crippen LogP contribution in [-0.2, 0) is 12.8 Å². The molecule has 1 aliphatic carbocycles. The van der Waals surface area contributed by atoms with Gasteiger partial charge in [0.1, 0.15) is 5.82 Å². The van der Waals surface area contributed by atoms with Gasteiger partial charge in [0.05, 0.1) is 10.6 Å². The van der Waals surface area contributed by atoms with E-state index < -0.39 is 0 Å². The summed E-state index contributed by atoms with van der Waals surface area (Å²) in [6.45, 7) is 1.86. The Bertz CT molecular complexity index is 691. The first kappa shape index (κ1) is 12.7. The molecule has 0 bridgehead atoms. The molecule has 2 N–H and O–H groups in total. The van der Waals surface area contributed by atoms with Gasteiger partial charge in [0.2, 0.25) is 0 Å². The van der Waals surface area contributed by atoms with Crippen LogP contribution >= 0.6 is 0 Å². The van der Waals surface area contributed by atoms with E-state index >= 15 is 0 Å². The van der Waals surface area contributed by atoms with Crippen LogP contribution in [0.3, 0.4) is 0 Å². The van der Waals surface area contributed by atoms with Gasteiger partial charge >= 0.3 is 0 Å². The Morgan fingerprint density at radius 2 is 2.10 bits per heavy atom. The standard InChI is InChI=1S/C14H16N4O2/c1-9-8-10(18(19)20)6-7-12(9)17-13-5-3-2-4-11(13)14(15)16-17/h6-8H,2-5H2,1H3,(H2,15,16). The highest BCUT2D eigenvalue weighted by Crippen LogP contribution is 2.30. The number of fused-ring (bicyclic) bond motifs is 1. The fraction of sp³-hybridized carbons (Fsp3) is 0.357. The van der Waals surface area contributed by atoms with E-state index in [1.807, 2.05) is 11.6 Å². The molecule has 0 spiro atoms. The summed E-state index contributed by atoms with van der Waals surface area (Å²) >= 11 is 0. The number of nitro benzene ring substituents is 1. The second-order valence-corrected chi connectivity index (χ2v) is 5.16. The van der Waals surface area contributed by atoms with Crippen LogP contribution in [0.2, 0.25) is 0 Å². The molecular weight excluding hydrogens is 256 g/mol. The summed E-state index contributed by atoms with van der Waals surface area (Å²) in [5.74, 6) is 0.581. The number of benzene rings is 1. The van der Waals surface area contributed by atoms with Crippen LogP contribution in [0.15, 0.2) is 18.2 Å². The number of nitrogen functional groups attached to an aromatic ring is 1. The van der Waals surface area contributed by atoms with Crippen molar-refractivity contribution in [2.75, 3.05) is 5.73 Å². The number of nitro groups is 1. The van der Waals surface area contributed by atoms with Crippen LogP contribution in [0, 0.1) is 17.0 Å². The number of hydrogen-bond donors (Lipinski definition) is 1. The highest BCUT2D eigenvalue weighted by Gasteiger charge is 2.21. The Morgan fingerprint density at radius 3 is 2.80 bits per heavy atom. The molecule has 1 aliphatic rings. The molecule has 1 heterocycles. The van der Waals surface area contributed by atoms with Crippen molar-refractivity contribution >= 4 is 11.5 Å². The van der Waals surface area contributed by atoms with E-state index in [0.717, 1.165) is 48.2 Å². The Morgan fingerprint density at radius 1 is 1.35 bits per heavy atom. The minimum atomic E-state index is -0.385. The van der Waals surface area contributed by atoms with Gasteiger partial charge in [-0.05, 0) is 44.2 Å². The summed E-state index contributed by atoms with van der Waals surface area (Å²) < 4.78 is 1.85. The average Bonchev–Trinajstić information content (AvgIpc) is 2.76. The molecule has 104 valence electrons. The molecule has 20 heavy (non-hydrogen) atoms. The zero-order chi connectivity index (χ0) is 14.3. The second kappa shape index (κ2) is 4.63. The third-order valence-electron chi connectivity index (χ3n) is 3.83. The van der Waals surface area contributed by atoms with Crippen LogP contribution < -0.4 is 5.73 Å². The zero-order valence-electron chi connectivity index (χ0n) is 11.3. The fourth-order valence-corrected chi connectivity index (χ4v) is 2.82. The molecule has 1 aromatic carbocycles. The lowest BCUT2D eigenvalue weighted by Gasteiger charge is -2.15. The number of nitrogens with zero attached hydrogens (tertiary/aromatic N) is 3. The van der Waals surface area contributed by atoms with Crippen molar-refractivity contribution in [3.63, 3.8) is 0 Å². The summed E-state index contributed by atoms with van der Waals surface area (Å²) in [6, 6.07) is 4.83. The first-order valence-corrected chi connectivity index (χ1v) is 6.69. The lowest BCUT2D eigenvalue weighted by Crippen LogP contribution is -2.09. The molecule has 2 aromatic rings. The fourth-order valence-electron chi connectivity index (χ4n) is 2.82. The van der Waals surface area contributed by atoms with E-state index in [9.17, 15) is 10.1 Å². The maximum atomic E-state index is 10.8. The number of aromatic nitrogens is 2. The predicted molar refractivity (Wildman–Crippen MR) is 76.0 cm³/mol. The van der Waals surface area contributed by atoms with Gasteiger partial charge < -0.3 is 5.73 Å². The molecule has 0 fully saturated rings. The van der Waals surface area contributed by atoms with Crippen molar-refractivity contribution < 1.29 is 4.92 Å². The SMILES string of the molecule is Cc1cc([N+](=O)[O-])ccc1-n1nc(N)c2c1CCCC2. The van der Waals surface area contributed by atoms with E-state index in [1.54, 1.807) is 12.1 Å². The lowest BCUT2D eigenvalue weighted by molar-refractivity contribution is -0.384. The van der Waals surface area contributed by atoms with Gasteiger partial charge in [-0.25, -0.2) is 4.68 Å². The molecule has 6 nitrogen and oxygen atoms in total. The first-order valence-electron chi connectivity index (χ1n) is 6.69. The maximum Gasteiger partial charge on any atom is 0.269 e. The number of anilines is 1. The minimum Gasteiger partial charge on any atom is -0.382 e. The molecule has 0 unspecified atom stereocenters. The topological polar surface area (TPSA) is 87.0 Å². The highest BCUT2D eigenvalue weighted by molar-refractivity contribution is 5.52. The average molecular weight is 272 g/mol. The maximum absolute atomic E-state index is 10.8. The first-order chi connectivity index (χ1) is 9.58. The predicted octanol–water partition coefficient (Wildman–Crippen LogP) is 2.55. The van der Waals surface area contributed by atoms with E-state index in [4.69, 9.17) is 5.73 Å². The molecule has 0 radical (unpaired) electrons. The van der Waals surface area contributed by atoms with Gasteiger partial charge in [-0.1, -0.05) is 0 Å². The summed E-state index contributed by atoms with van der Waals surface area (Å²) in [6.07, 6.45) is 4.19. The number of hydrogen-bond acceptors (Lipinski definition) is 4. The van der Waals surface area contributed by atoms with Crippen LogP contribution in [-0.4, -0.2) is 14.7 Å². The largest absolute Gasteiger partial charge is 0.382 e. The van der Waals surface area contributed by atoms with Gasteiger partial charge in [0, 0.05) is 23.4 Å². The smallest absolute Gasteiger partial charge is 0.269 e. The van der Waals surface area contributed by atoms with Gasteiger partial charge in [0.15, 0.2) is 0 Å². The summed E-state index contributed by atoms with van der Waals surface area (Å²) in [5, 5.41) is 15.2. The molecule has 1 aromatic heterocycles. The van der Waals surface area contributed by atoms with Crippen molar-refractivity contribution in [2.24, 2.45) is 0 Å². The normalized spacial score (nSPS) is 14.1. The van der Waals surface area contributed by atoms with Crippen molar-refractivity contribution in [1.82, 2.24) is 9.78 Å². The number of aryl methyl sites for hydroxylation is 1. The highest BCUT2D eigenvalue weighted by atomic mass is 16.6. The Kier molecular flexibility index (Phi) is 2.93. The molecule has 0 atom stereocenters.